The number of benzene rings is 1. The van der Waals surface area contributed by atoms with Crippen molar-refractivity contribution in [2.24, 2.45) is 5.92 Å². The molecule has 1 atom stereocenters. The second-order valence-electron chi connectivity index (χ2n) is 6.05. The maximum absolute atomic E-state index is 14.2. The van der Waals surface area contributed by atoms with E-state index in [1.54, 1.807) is 0 Å². The highest BCUT2D eigenvalue weighted by Gasteiger charge is 2.45. The van der Waals surface area contributed by atoms with Gasteiger partial charge in [0.2, 0.25) is 0 Å². The molecule has 2 aromatic rings. The normalized spacial score (nSPS) is 19.6. The third kappa shape index (κ3) is 4.36. The van der Waals surface area contributed by atoms with Gasteiger partial charge < -0.3 is 9.64 Å². The number of ether oxygens (including phenoxy) is 1. The van der Waals surface area contributed by atoms with E-state index >= 15 is 0 Å². The van der Waals surface area contributed by atoms with Crippen LogP contribution in [0.5, 0.6) is 0 Å². The molecule has 0 spiro atoms. The number of hydrogen-bond acceptors (Lipinski definition) is 4. The summed E-state index contributed by atoms with van der Waals surface area (Å²) in [4.78, 5) is 21.6. The standard InChI is InChI=1S/C18H19F2N3O2/c19-18(20)6-9-23(17(24)16-10-21-7-8-22-16)11-15(18)13-25-12-14-4-2-1-3-5-14/h1-5,7-8,10,15H,6,9,11-13H2. The van der Waals surface area contributed by atoms with Crippen LogP contribution in [0.3, 0.4) is 0 Å². The molecule has 0 radical (unpaired) electrons. The van der Waals surface area contributed by atoms with Crippen LogP contribution < -0.4 is 0 Å². The molecular weight excluding hydrogens is 328 g/mol. The van der Waals surface area contributed by atoms with Gasteiger partial charge in [0, 0.05) is 31.9 Å². The number of halogens is 2. The van der Waals surface area contributed by atoms with E-state index in [2.05, 4.69) is 9.97 Å². The van der Waals surface area contributed by atoms with Crippen LogP contribution >= 0.6 is 0 Å². The van der Waals surface area contributed by atoms with Crippen molar-refractivity contribution in [2.45, 2.75) is 19.0 Å². The van der Waals surface area contributed by atoms with Gasteiger partial charge in [-0.3, -0.25) is 9.78 Å². The molecule has 1 aliphatic rings. The topological polar surface area (TPSA) is 55.3 Å². The Morgan fingerprint density at radius 3 is 2.80 bits per heavy atom. The number of amides is 1. The van der Waals surface area contributed by atoms with E-state index in [4.69, 9.17) is 4.74 Å². The van der Waals surface area contributed by atoms with Crippen molar-refractivity contribution in [2.75, 3.05) is 19.7 Å². The summed E-state index contributed by atoms with van der Waals surface area (Å²) in [6.45, 7) is 0.104. The molecule has 2 heterocycles. The number of aromatic nitrogens is 2. The number of alkyl halides is 2. The zero-order valence-corrected chi connectivity index (χ0v) is 13.6. The fraction of sp³-hybridized carbons (Fsp3) is 0.389. The molecule has 25 heavy (non-hydrogen) atoms. The van der Waals surface area contributed by atoms with Crippen molar-refractivity contribution < 1.29 is 18.3 Å². The Hall–Kier alpha value is -2.41. The quantitative estimate of drug-likeness (QED) is 0.835. The molecule has 0 N–H and O–H groups in total. The molecule has 3 rings (SSSR count). The lowest BCUT2D eigenvalue weighted by Crippen LogP contribution is -2.51. The molecule has 0 bridgehead atoms. The fourth-order valence-corrected chi connectivity index (χ4v) is 2.80. The Bertz CT molecular complexity index is 698. The predicted octanol–water partition coefficient (Wildman–Crippen LogP) is 2.79. The van der Waals surface area contributed by atoms with Crippen LogP contribution in [0, 0.1) is 5.92 Å². The summed E-state index contributed by atoms with van der Waals surface area (Å²) in [5.41, 5.74) is 1.09. The zero-order chi connectivity index (χ0) is 17.7. The highest BCUT2D eigenvalue weighted by Crippen LogP contribution is 2.34. The minimum Gasteiger partial charge on any atom is -0.376 e. The first-order chi connectivity index (χ1) is 12.1. The molecule has 0 aliphatic carbocycles. The van der Waals surface area contributed by atoms with Crippen LogP contribution in [0.1, 0.15) is 22.5 Å². The largest absolute Gasteiger partial charge is 0.376 e. The minimum absolute atomic E-state index is 0.00239. The van der Waals surface area contributed by atoms with Gasteiger partial charge in [-0.05, 0) is 5.56 Å². The molecular formula is C18H19F2N3O2. The Morgan fingerprint density at radius 2 is 2.08 bits per heavy atom. The van der Waals surface area contributed by atoms with Crippen molar-refractivity contribution in [1.29, 1.82) is 0 Å². The van der Waals surface area contributed by atoms with E-state index in [1.807, 2.05) is 30.3 Å². The van der Waals surface area contributed by atoms with E-state index < -0.39 is 11.8 Å². The van der Waals surface area contributed by atoms with Gasteiger partial charge in [0.05, 0.1) is 25.3 Å². The van der Waals surface area contributed by atoms with Gasteiger partial charge in [0.15, 0.2) is 0 Å². The lowest BCUT2D eigenvalue weighted by molar-refractivity contribution is -0.124. The number of carbonyl (C=O) groups is 1. The average Bonchev–Trinajstić information content (AvgIpc) is 2.64. The molecule has 5 nitrogen and oxygen atoms in total. The summed E-state index contributed by atoms with van der Waals surface area (Å²) < 4.78 is 33.9. The van der Waals surface area contributed by atoms with Crippen LogP contribution in [0.25, 0.3) is 0 Å². The number of nitrogens with zero attached hydrogens (tertiary/aromatic N) is 3. The maximum atomic E-state index is 14.2. The van der Waals surface area contributed by atoms with Gasteiger partial charge in [-0.15, -0.1) is 0 Å². The lowest BCUT2D eigenvalue weighted by atomic mass is 9.94. The van der Waals surface area contributed by atoms with E-state index in [0.717, 1.165) is 5.56 Å². The summed E-state index contributed by atoms with van der Waals surface area (Å²) in [7, 11) is 0. The van der Waals surface area contributed by atoms with Crippen LogP contribution in [-0.2, 0) is 11.3 Å². The molecule has 1 amide bonds. The third-order valence-electron chi connectivity index (χ3n) is 4.25. The first-order valence-corrected chi connectivity index (χ1v) is 8.11. The van der Waals surface area contributed by atoms with Crippen LogP contribution in [-0.4, -0.2) is 46.4 Å². The summed E-state index contributed by atoms with van der Waals surface area (Å²) in [6.07, 6.45) is 3.84. The Balaban J connectivity index is 1.60. The second kappa shape index (κ2) is 7.65. The highest BCUT2D eigenvalue weighted by atomic mass is 19.3. The predicted molar refractivity (Wildman–Crippen MR) is 87.1 cm³/mol. The highest BCUT2D eigenvalue weighted by molar-refractivity contribution is 5.92. The van der Waals surface area contributed by atoms with Crippen molar-refractivity contribution >= 4 is 5.91 Å². The average molecular weight is 347 g/mol. The van der Waals surface area contributed by atoms with Gasteiger partial charge in [0.1, 0.15) is 5.69 Å². The lowest BCUT2D eigenvalue weighted by Gasteiger charge is -2.38. The molecule has 1 saturated heterocycles. The Morgan fingerprint density at radius 1 is 1.28 bits per heavy atom. The van der Waals surface area contributed by atoms with E-state index in [1.165, 1.54) is 23.5 Å². The van der Waals surface area contributed by atoms with Crippen LogP contribution in [0.4, 0.5) is 8.78 Å². The fourth-order valence-electron chi connectivity index (χ4n) is 2.80. The summed E-state index contributed by atoms with van der Waals surface area (Å²) in [5.74, 6) is -4.27. The van der Waals surface area contributed by atoms with Crippen molar-refractivity contribution in [3.63, 3.8) is 0 Å². The monoisotopic (exact) mass is 347 g/mol. The molecule has 132 valence electrons. The van der Waals surface area contributed by atoms with Gasteiger partial charge in [0.25, 0.3) is 11.8 Å². The van der Waals surface area contributed by atoms with Crippen LogP contribution in [0.15, 0.2) is 48.9 Å². The van der Waals surface area contributed by atoms with E-state index in [0.29, 0.717) is 0 Å². The van der Waals surface area contributed by atoms with Crippen molar-refractivity contribution in [1.82, 2.24) is 14.9 Å². The first kappa shape index (κ1) is 17.4. The third-order valence-corrected chi connectivity index (χ3v) is 4.25. The molecule has 0 saturated carbocycles. The molecule has 7 heteroatoms. The van der Waals surface area contributed by atoms with Gasteiger partial charge in [-0.2, -0.15) is 0 Å². The molecule has 1 unspecified atom stereocenters. The minimum atomic E-state index is -2.85. The van der Waals surface area contributed by atoms with Crippen molar-refractivity contribution in [3.8, 4) is 0 Å². The Kier molecular flexibility index (Phi) is 5.33. The van der Waals surface area contributed by atoms with Gasteiger partial charge in [-0.25, -0.2) is 13.8 Å². The van der Waals surface area contributed by atoms with Crippen LogP contribution in [0.2, 0.25) is 0 Å². The first-order valence-electron chi connectivity index (χ1n) is 8.11. The number of piperidine rings is 1. The SMILES string of the molecule is O=C(c1cnccn1)N1CCC(F)(F)C(COCc2ccccc2)C1. The number of rotatable bonds is 5. The maximum Gasteiger partial charge on any atom is 0.274 e. The summed E-state index contributed by atoms with van der Waals surface area (Å²) in [6, 6.07) is 9.38. The zero-order valence-electron chi connectivity index (χ0n) is 13.6. The number of likely N-dealkylation sites (tertiary alicyclic amines) is 1. The molecule has 1 aliphatic heterocycles. The summed E-state index contributed by atoms with van der Waals surface area (Å²) in [5, 5.41) is 0. The molecule has 1 aromatic carbocycles. The summed E-state index contributed by atoms with van der Waals surface area (Å²) >= 11 is 0. The second-order valence-corrected chi connectivity index (χ2v) is 6.05. The van der Waals surface area contributed by atoms with Crippen molar-refractivity contribution in [3.05, 3.63) is 60.2 Å². The number of carbonyl (C=O) groups excluding carboxylic acids is 1. The molecule has 1 aromatic heterocycles. The smallest absolute Gasteiger partial charge is 0.274 e. The van der Waals surface area contributed by atoms with E-state index in [9.17, 15) is 13.6 Å². The Labute approximate surface area is 144 Å². The molecule has 1 fully saturated rings. The van der Waals surface area contributed by atoms with Gasteiger partial charge >= 0.3 is 0 Å². The number of hydrogen-bond donors (Lipinski definition) is 0. The van der Waals surface area contributed by atoms with E-state index in [-0.39, 0.29) is 44.3 Å². The van der Waals surface area contributed by atoms with Gasteiger partial charge in [-0.1, -0.05) is 30.3 Å².